The highest BCUT2D eigenvalue weighted by atomic mass is 35.5. The van der Waals surface area contributed by atoms with Crippen LogP contribution in [-0.2, 0) is 9.53 Å². The first-order valence-corrected chi connectivity index (χ1v) is 4.88. The first kappa shape index (κ1) is 14.9. The minimum Gasteiger partial charge on any atom is -0.468 e. The molecule has 1 atom stereocenters. The van der Waals surface area contributed by atoms with E-state index in [0.717, 1.165) is 5.75 Å². The van der Waals surface area contributed by atoms with Crippen LogP contribution in [0.5, 0.6) is 0 Å². The molecule has 0 bridgehead atoms. The molecule has 0 aliphatic carbocycles. The Balaban J connectivity index is 0. The van der Waals surface area contributed by atoms with Gasteiger partial charge in [0.1, 0.15) is 6.04 Å². The summed E-state index contributed by atoms with van der Waals surface area (Å²) in [6.45, 7) is 0. The van der Waals surface area contributed by atoms with E-state index >= 15 is 0 Å². The zero-order valence-electron chi connectivity index (χ0n) is 6.79. The highest BCUT2D eigenvalue weighted by Gasteiger charge is 2.12. The number of ether oxygens (including phenoxy) is 1. The smallest absolute Gasteiger partial charge is 0.323 e. The number of hydrogen-bond donors (Lipinski definition) is 1. The van der Waals surface area contributed by atoms with Crippen molar-refractivity contribution in [3.8, 4) is 0 Å². The molecule has 3 nitrogen and oxygen atoms in total. The third-order valence-electron chi connectivity index (χ3n) is 1.02. The van der Waals surface area contributed by atoms with Crippen molar-refractivity contribution in [2.45, 2.75) is 6.04 Å². The number of hydrogen-bond acceptors (Lipinski definition) is 4. The van der Waals surface area contributed by atoms with Gasteiger partial charge in [-0.25, -0.2) is 0 Å². The van der Waals surface area contributed by atoms with Crippen molar-refractivity contribution < 1.29 is 9.53 Å². The summed E-state index contributed by atoms with van der Waals surface area (Å²) in [7, 11) is 1.33. The Morgan fingerprint density at radius 1 is 1.75 bits per heavy atom. The van der Waals surface area contributed by atoms with Gasteiger partial charge in [-0.3, -0.25) is 4.79 Å². The maximum absolute atomic E-state index is 10.7. The molecule has 0 radical (unpaired) electrons. The van der Waals surface area contributed by atoms with Gasteiger partial charge in [-0.1, -0.05) is 0 Å². The number of carbonyl (C=O) groups excluding carboxylic acids is 1. The van der Waals surface area contributed by atoms with E-state index in [1.54, 1.807) is 11.8 Å². The van der Waals surface area contributed by atoms with E-state index in [-0.39, 0.29) is 18.4 Å². The molecule has 0 heterocycles. The van der Waals surface area contributed by atoms with Crippen molar-refractivity contribution >= 4 is 41.7 Å². The Bertz CT molecular complexity index is 126. The Morgan fingerprint density at radius 2 is 2.33 bits per heavy atom. The number of halogens is 2. The normalized spacial score (nSPS) is 11.6. The van der Waals surface area contributed by atoms with Gasteiger partial charge in [-0.2, -0.15) is 11.8 Å². The fraction of sp³-hybridized carbons (Fsp3) is 0.833. The molecule has 74 valence electrons. The Morgan fingerprint density at radius 3 is 2.75 bits per heavy atom. The summed E-state index contributed by atoms with van der Waals surface area (Å²) in [6.07, 6.45) is 0. The number of alkyl halides is 1. The Labute approximate surface area is 87.8 Å². The van der Waals surface area contributed by atoms with Crippen molar-refractivity contribution in [2.24, 2.45) is 5.73 Å². The van der Waals surface area contributed by atoms with Crippen molar-refractivity contribution in [1.82, 2.24) is 0 Å². The molecule has 0 fully saturated rings. The van der Waals surface area contributed by atoms with Gasteiger partial charge in [0.15, 0.2) is 0 Å². The molecule has 0 saturated heterocycles. The van der Waals surface area contributed by atoms with Gasteiger partial charge in [0, 0.05) is 17.4 Å². The topological polar surface area (TPSA) is 52.3 Å². The van der Waals surface area contributed by atoms with Crippen LogP contribution in [0.3, 0.4) is 0 Å². The van der Waals surface area contributed by atoms with Crippen LogP contribution in [0.25, 0.3) is 0 Å². The van der Waals surface area contributed by atoms with Gasteiger partial charge in [-0.15, -0.1) is 24.0 Å². The third kappa shape index (κ3) is 7.03. The Hall–Kier alpha value is 0.360. The SMILES string of the molecule is COC(=O)C(N)CSCCCl.Cl. The van der Waals surface area contributed by atoms with Crippen molar-refractivity contribution in [2.75, 3.05) is 24.5 Å². The first-order valence-electron chi connectivity index (χ1n) is 3.19. The zero-order chi connectivity index (χ0) is 8.69. The minimum atomic E-state index is -0.520. The molecule has 0 aliphatic heterocycles. The largest absolute Gasteiger partial charge is 0.468 e. The number of esters is 1. The minimum absolute atomic E-state index is 0. The van der Waals surface area contributed by atoms with Gasteiger partial charge in [-0.05, 0) is 0 Å². The molecule has 0 aromatic heterocycles. The van der Waals surface area contributed by atoms with E-state index in [1.807, 2.05) is 0 Å². The van der Waals surface area contributed by atoms with Gasteiger partial charge >= 0.3 is 5.97 Å². The summed E-state index contributed by atoms with van der Waals surface area (Å²) in [4.78, 5) is 10.7. The average Bonchev–Trinajstić information content (AvgIpc) is 2.03. The van der Waals surface area contributed by atoms with Crippen LogP contribution in [0.1, 0.15) is 0 Å². The number of carbonyl (C=O) groups is 1. The van der Waals surface area contributed by atoms with Crippen LogP contribution in [-0.4, -0.2) is 36.5 Å². The Kier molecular flexibility index (Phi) is 11.7. The molecule has 0 aromatic rings. The van der Waals surface area contributed by atoms with Crippen LogP contribution in [0.2, 0.25) is 0 Å². The summed E-state index contributed by atoms with van der Waals surface area (Å²) in [5.74, 6) is 1.59. The lowest BCUT2D eigenvalue weighted by Gasteiger charge is -2.06. The van der Waals surface area contributed by atoms with Gasteiger partial charge < -0.3 is 10.5 Å². The van der Waals surface area contributed by atoms with Crippen LogP contribution in [0.15, 0.2) is 0 Å². The van der Waals surface area contributed by atoms with E-state index in [0.29, 0.717) is 11.6 Å². The summed E-state index contributed by atoms with van der Waals surface area (Å²) < 4.78 is 4.43. The molecular formula is C6H13Cl2NO2S. The van der Waals surface area contributed by atoms with Crippen molar-refractivity contribution in [1.29, 1.82) is 0 Å². The van der Waals surface area contributed by atoms with E-state index in [1.165, 1.54) is 7.11 Å². The molecule has 0 saturated carbocycles. The highest BCUT2D eigenvalue weighted by Crippen LogP contribution is 2.02. The predicted molar refractivity (Wildman–Crippen MR) is 55.3 cm³/mol. The van der Waals surface area contributed by atoms with Gasteiger partial charge in [0.25, 0.3) is 0 Å². The maximum atomic E-state index is 10.7. The monoisotopic (exact) mass is 233 g/mol. The summed E-state index contributed by atoms with van der Waals surface area (Å²) in [5, 5.41) is 0. The number of rotatable bonds is 5. The first-order chi connectivity index (χ1) is 5.22. The number of methoxy groups -OCH3 is 1. The quantitative estimate of drug-likeness (QED) is 0.436. The molecule has 6 heteroatoms. The summed E-state index contributed by atoms with van der Waals surface area (Å²) in [5.41, 5.74) is 5.43. The van der Waals surface area contributed by atoms with E-state index in [2.05, 4.69) is 4.74 Å². The van der Waals surface area contributed by atoms with Gasteiger partial charge in [0.05, 0.1) is 7.11 Å². The molecule has 0 amide bonds. The molecule has 2 N–H and O–H groups in total. The lowest BCUT2D eigenvalue weighted by Crippen LogP contribution is -2.33. The lowest BCUT2D eigenvalue weighted by molar-refractivity contribution is -0.141. The van der Waals surface area contributed by atoms with Crippen LogP contribution in [0.4, 0.5) is 0 Å². The molecule has 0 rings (SSSR count). The lowest BCUT2D eigenvalue weighted by atomic mass is 10.4. The fourth-order valence-electron chi connectivity index (χ4n) is 0.484. The maximum Gasteiger partial charge on any atom is 0.323 e. The van der Waals surface area contributed by atoms with Crippen LogP contribution >= 0.6 is 35.8 Å². The number of thioether (sulfide) groups is 1. The average molecular weight is 234 g/mol. The summed E-state index contributed by atoms with van der Waals surface area (Å²) >= 11 is 6.97. The fourth-order valence-corrected chi connectivity index (χ4v) is 1.48. The van der Waals surface area contributed by atoms with E-state index in [9.17, 15) is 4.79 Å². The van der Waals surface area contributed by atoms with Gasteiger partial charge in [0.2, 0.25) is 0 Å². The van der Waals surface area contributed by atoms with Crippen molar-refractivity contribution in [3.63, 3.8) is 0 Å². The van der Waals surface area contributed by atoms with Crippen LogP contribution in [0, 0.1) is 0 Å². The summed E-state index contributed by atoms with van der Waals surface area (Å²) in [6, 6.07) is -0.520. The molecule has 1 unspecified atom stereocenters. The van der Waals surface area contributed by atoms with E-state index in [4.69, 9.17) is 17.3 Å². The number of nitrogens with two attached hydrogens (primary N) is 1. The highest BCUT2D eigenvalue weighted by molar-refractivity contribution is 7.99. The van der Waals surface area contributed by atoms with E-state index < -0.39 is 6.04 Å². The zero-order valence-corrected chi connectivity index (χ0v) is 9.18. The second-order valence-corrected chi connectivity index (χ2v) is 3.42. The second-order valence-electron chi connectivity index (χ2n) is 1.89. The van der Waals surface area contributed by atoms with Crippen LogP contribution < -0.4 is 5.73 Å². The molecular weight excluding hydrogens is 221 g/mol. The molecule has 0 aromatic carbocycles. The predicted octanol–water partition coefficient (Wildman–Crippen LogP) is 0.881. The molecule has 0 spiro atoms. The molecule has 0 aliphatic rings. The second kappa shape index (κ2) is 9.45. The third-order valence-corrected chi connectivity index (χ3v) is 2.52. The molecule has 12 heavy (non-hydrogen) atoms. The van der Waals surface area contributed by atoms with Crippen molar-refractivity contribution in [3.05, 3.63) is 0 Å². The standard InChI is InChI=1S/C6H12ClNO2S.ClH/c1-10-6(9)5(8)4-11-3-2-7;/h5H,2-4,8H2,1H3;1H.